The van der Waals surface area contributed by atoms with Crippen LogP contribution < -0.4 is 4.74 Å². The second kappa shape index (κ2) is 3.32. The Hall–Kier alpha value is -1.84. The third kappa shape index (κ3) is 1.37. The first kappa shape index (κ1) is 10.3. The average molecular weight is 236 g/mol. The van der Waals surface area contributed by atoms with Crippen molar-refractivity contribution in [3.8, 4) is 5.75 Å². The maximum atomic E-state index is 13.8. The van der Waals surface area contributed by atoms with Crippen molar-refractivity contribution < 1.29 is 17.9 Å². The summed E-state index contributed by atoms with van der Waals surface area (Å²) in [5.74, 6) is -1.48. The van der Waals surface area contributed by atoms with Crippen LogP contribution in [0.2, 0.25) is 0 Å². The van der Waals surface area contributed by atoms with Gasteiger partial charge in [-0.15, -0.1) is 0 Å². The molecule has 1 aromatic heterocycles. The van der Waals surface area contributed by atoms with E-state index in [0.29, 0.717) is 16.7 Å². The maximum Gasteiger partial charge on any atom is 0.205 e. The van der Waals surface area contributed by atoms with E-state index in [0.717, 1.165) is 0 Å². The van der Waals surface area contributed by atoms with Crippen molar-refractivity contribution in [1.29, 1.82) is 0 Å². The number of benzene rings is 1. The van der Waals surface area contributed by atoms with Crippen LogP contribution in [0, 0.1) is 18.6 Å². The number of ether oxygens (including phenoxy) is 1. The minimum Gasteiger partial charge on any atom is -0.483 e. The molecule has 0 saturated carbocycles. The first-order chi connectivity index (χ1) is 8.08. The van der Waals surface area contributed by atoms with E-state index in [1.54, 1.807) is 32.1 Å². The summed E-state index contributed by atoms with van der Waals surface area (Å²) in [4.78, 5) is 0. The summed E-state index contributed by atoms with van der Waals surface area (Å²) in [6, 6.07) is 1.68. The molecule has 0 fully saturated rings. The zero-order chi connectivity index (χ0) is 12.2. The lowest BCUT2D eigenvalue weighted by molar-refractivity contribution is 0.249. The SMILES string of the molecule is Cc1cc2c3c(c(F)c(F)c2o1)OC(C)C=C3. The summed E-state index contributed by atoms with van der Waals surface area (Å²) in [6.07, 6.45) is 3.27. The van der Waals surface area contributed by atoms with Gasteiger partial charge < -0.3 is 9.15 Å². The van der Waals surface area contributed by atoms with Crippen molar-refractivity contribution in [2.45, 2.75) is 20.0 Å². The molecule has 1 aliphatic rings. The molecule has 2 aromatic rings. The predicted octanol–water partition coefficient (Wildman–Crippen LogP) is 3.81. The quantitative estimate of drug-likeness (QED) is 0.693. The highest BCUT2D eigenvalue weighted by molar-refractivity contribution is 5.91. The van der Waals surface area contributed by atoms with Gasteiger partial charge in [-0.25, -0.2) is 0 Å². The lowest BCUT2D eigenvalue weighted by atomic mass is 10.0. The van der Waals surface area contributed by atoms with Crippen molar-refractivity contribution in [3.63, 3.8) is 0 Å². The second-order valence-electron chi connectivity index (χ2n) is 4.15. The van der Waals surface area contributed by atoms with Crippen molar-refractivity contribution in [2.24, 2.45) is 0 Å². The van der Waals surface area contributed by atoms with Crippen LogP contribution in [0.25, 0.3) is 17.0 Å². The van der Waals surface area contributed by atoms with Crippen molar-refractivity contribution in [2.75, 3.05) is 0 Å². The van der Waals surface area contributed by atoms with Crippen LogP contribution in [0.15, 0.2) is 16.6 Å². The van der Waals surface area contributed by atoms with Gasteiger partial charge in [0, 0.05) is 10.9 Å². The molecule has 88 valence electrons. The molecule has 1 unspecified atom stereocenters. The molecular weight excluding hydrogens is 226 g/mol. The van der Waals surface area contributed by atoms with Crippen molar-refractivity contribution in [3.05, 3.63) is 35.1 Å². The summed E-state index contributed by atoms with van der Waals surface area (Å²) in [5, 5.41) is 0.541. The van der Waals surface area contributed by atoms with Crippen LogP contribution in [0.3, 0.4) is 0 Å². The van der Waals surface area contributed by atoms with E-state index in [1.165, 1.54) is 0 Å². The van der Waals surface area contributed by atoms with E-state index >= 15 is 0 Å². The van der Waals surface area contributed by atoms with Gasteiger partial charge in [0.25, 0.3) is 0 Å². The Labute approximate surface area is 96.5 Å². The molecule has 0 saturated heterocycles. The van der Waals surface area contributed by atoms with Gasteiger partial charge in [0.15, 0.2) is 11.3 Å². The van der Waals surface area contributed by atoms with Crippen LogP contribution in [0.1, 0.15) is 18.2 Å². The molecule has 0 radical (unpaired) electrons. The molecule has 2 heterocycles. The summed E-state index contributed by atoms with van der Waals surface area (Å²) >= 11 is 0. The minimum absolute atomic E-state index is 0.0363. The maximum absolute atomic E-state index is 13.8. The molecule has 0 aliphatic carbocycles. The molecule has 2 nitrogen and oxygen atoms in total. The fraction of sp³-hybridized carbons (Fsp3) is 0.231. The molecular formula is C13H10F2O2. The van der Waals surface area contributed by atoms with Gasteiger partial charge in [-0.1, -0.05) is 6.08 Å². The smallest absolute Gasteiger partial charge is 0.205 e. The molecule has 17 heavy (non-hydrogen) atoms. The summed E-state index contributed by atoms with van der Waals surface area (Å²) in [6.45, 7) is 3.46. The van der Waals surface area contributed by atoms with Crippen LogP contribution in [-0.4, -0.2) is 6.10 Å². The fourth-order valence-corrected chi connectivity index (χ4v) is 2.05. The highest BCUT2D eigenvalue weighted by Gasteiger charge is 2.25. The third-order valence-electron chi connectivity index (χ3n) is 2.82. The summed E-state index contributed by atoms with van der Waals surface area (Å²) in [7, 11) is 0. The number of rotatable bonds is 0. The number of hydrogen-bond acceptors (Lipinski definition) is 2. The van der Waals surface area contributed by atoms with Gasteiger partial charge in [0.05, 0.1) is 0 Å². The lowest BCUT2D eigenvalue weighted by Gasteiger charge is -2.19. The third-order valence-corrected chi connectivity index (χ3v) is 2.82. The Balaban J connectivity index is 2.44. The molecule has 0 N–H and O–H groups in total. The van der Waals surface area contributed by atoms with Gasteiger partial charge >= 0.3 is 0 Å². The molecule has 4 heteroatoms. The molecule has 1 aliphatic heterocycles. The first-order valence-electron chi connectivity index (χ1n) is 5.34. The standard InChI is InChI=1S/C13H10F2O2/c1-6-3-4-8-9-5-7(2)17-13(9)11(15)10(14)12(8)16-6/h3-6H,1-2H3. The van der Waals surface area contributed by atoms with Gasteiger partial charge in [0.2, 0.25) is 11.6 Å². The van der Waals surface area contributed by atoms with Gasteiger partial charge in [-0.05, 0) is 26.0 Å². The number of aryl methyl sites for hydroxylation is 1. The predicted molar refractivity (Wildman–Crippen MR) is 60.0 cm³/mol. The van der Waals surface area contributed by atoms with Gasteiger partial charge in [0.1, 0.15) is 11.9 Å². The zero-order valence-electron chi connectivity index (χ0n) is 9.38. The molecule has 0 spiro atoms. The second-order valence-corrected chi connectivity index (χ2v) is 4.15. The van der Waals surface area contributed by atoms with Crippen LogP contribution >= 0.6 is 0 Å². The highest BCUT2D eigenvalue weighted by atomic mass is 19.2. The van der Waals surface area contributed by atoms with E-state index < -0.39 is 11.6 Å². The van der Waals surface area contributed by atoms with Crippen LogP contribution in [0.4, 0.5) is 8.78 Å². The molecule has 1 atom stereocenters. The lowest BCUT2D eigenvalue weighted by Crippen LogP contribution is -2.14. The van der Waals surface area contributed by atoms with Crippen LogP contribution in [-0.2, 0) is 0 Å². The average Bonchev–Trinajstić information content (AvgIpc) is 2.68. The number of furan rings is 1. The Morgan fingerprint density at radius 1 is 1.24 bits per heavy atom. The topological polar surface area (TPSA) is 22.4 Å². The number of fused-ring (bicyclic) bond motifs is 3. The van der Waals surface area contributed by atoms with Gasteiger partial charge in [-0.2, -0.15) is 8.78 Å². The largest absolute Gasteiger partial charge is 0.483 e. The van der Waals surface area contributed by atoms with Crippen molar-refractivity contribution >= 4 is 17.0 Å². The summed E-state index contributed by atoms with van der Waals surface area (Å²) in [5.41, 5.74) is 0.482. The normalized spacial score (nSPS) is 18.2. The van der Waals surface area contributed by atoms with Crippen molar-refractivity contribution in [1.82, 2.24) is 0 Å². The monoisotopic (exact) mass is 236 g/mol. The zero-order valence-corrected chi connectivity index (χ0v) is 9.38. The Morgan fingerprint density at radius 2 is 2.00 bits per heavy atom. The van der Waals surface area contributed by atoms with Gasteiger partial charge in [-0.3, -0.25) is 0 Å². The van der Waals surface area contributed by atoms with E-state index in [4.69, 9.17) is 9.15 Å². The van der Waals surface area contributed by atoms with E-state index in [-0.39, 0.29) is 17.4 Å². The minimum atomic E-state index is -0.991. The van der Waals surface area contributed by atoms with Crippen LogP contribution in [0.5, 0.6) is 5.75 Å². The number of halogens is 2. The van der Waals surface area contributed by atoms with E-state index in [1.807, 2.05) is 0 Å². The Kier molecular flexibility index (Phi) is 2.02. The Bertz CT molecular complexity index is 641. The van der Waals surface area contributed by atoms with E-state index in [9.17, 15) is 8.78 Å². The van der Waals surface area contributed by atoms with E-state index in [2.05, 4.69) is 0 Å². The molecule has 0 amide bonds. The fourth-order valence-electron chi connectivity index (χ4n) is 2.05. The Morgan fingerprint density at radius 3 is 2.76 bits per heavy atom. The highest BCUT2D eigenvalue weighted by Crippen LogP contribution is 2.39. The molecule has 0 bridgehead atoms. The first-order valence-corrected chi connectivity index (χ1v) is 5.34. The summed E-state index contributed by atoms with van der Waals surface area (Å²) < 4.78 is 38.0. The molecule has 3 rings (SSSR count). The number of hydrogen-bond donors (Lipinski definition) is 0. The molecule has 1 aromatic carbocycles.